The molecule has 0 aliphatic heterocycles. The highest BCUT2D eigenvalue weighted by Crippen LogP contribution is 2.47. The van der Waals surface area contributed by atoms with Crippen molar-refractivity contribution in [3.05, 3.63) is 35.4 Å². The summed E-state index contributed by atoms with van der Waals surface area (Å²) >= 11 is 0. The molecule has 1 aromatic carbocycles. The normalized spacial score (nSPS) is 18.4. The van der Waals surface area contributed by atoms with Crippen LogP contribution in [0.15, 0.2) is 24.3 Å². The van der Waals surface area contributed by atoms with Crippen molar-refractivity contribution in [3.8, 4) is 0 Å². The minimum absolute atomic E-state index is 0.137. The minimum Gasteiger partial charge on any atom is -0.478 e. The lowest BCUT2D eigenvalue weighted by Crippen LogP contribution is -2.41. The first kappa shape index (κ1) is 12.1. The molecule has 0 heterocycles. The van der Waals surface area contributed by atoms with Crippen LogP contribution in [0.5, 0.6) is 0 Å². The maximum absolute atomic E-state index is 11.9. The summed E-state index contributed by atoms with van der Waals surface area (Å²) in [5, 5.41) is 8.92. The Morgan fingerprint density at radius 1 is 1.35 bits per heavy atom. The van der Waals surface area contributed by atoms with Crippen LogP contribution in [0.4, 0.5) is 0 Å². The Bertz CT molecular complexity index is 556. The van der Waals surface area contributed by atoms with Crippen LogP contribution in [0.3, 0.4) is 0 Å². The molecule has 1 aliphatic carbocycles. The van der Waals surface area contributed by atoms with E-state index in [-0.39, 0.29) is 5.56 Å². The summed E-state index contributed by atoms with van der Waals surface area (Å²) in [7, 11) is -3.22. The molecule has 0 amide bonds. The molecule has 0 unspecified atom stereocenters. The Morgan fingerprint density at radius 3 is 2.41 bits per heavy atom. The summed E-state index contributed by atoms with van der Waals surface area (Å²) in [6.07, 6.45) is 3.24. The molecule has 1 fully saturated rings. The van der Waals surface area contributed by atoms with Crippen LogP contribution in [0.1, 0.15) is 35.2 Å². The van der Waals surface area contributed by atoms with E-state index in [0.717, 1.165) is 6.42 Å². The Balaban J connectivity index is 2.53. The van der Waals surface area contributed by atoms with Gasteiger partial charge in [0.1, 0.15) is 0 Å². The standard InChI is InChI=1S/C12H14O4S/c1-17(15,16)12(6-3-7-12)10-5-2-4-9(8-10)11(13)14/h2,4-5,8H,3,6-7H2,1H3,(H,13,14). The second kappa shape index (κ2) is 3.84. The second-order valence-electron chi connectivity index (χ2n) is 4.51. The van der Waals surface area contributed by atoms with Crippen LogP contribution in [0, 0.1) is 0 Å². The molecule has 1 aliphatic rings. The lowest BCUT2D eigenvalue weighted by molar-refractivity contribution is 0.0696. The van der Waals surface area contributed by atoms with E-state index in [1.807, 2.05) is 0 Å². The van der Waals surface area contributed by atoms with E-state index in [9.17, 15) is 13.2 Å². The highest BCUT2D eigenvalue weighted by Gasteiger charge is 2.47. The first-order chi connectivity index (χ1) is 7.87. The Hall–Kier alpha value is -1.36. The number of aromatic carboxylic acids is 1. The predicted molar refractivity (Wildman–Crippen MR) is 63.8 cm³/mol. The first-order valence-electron chi connectivity index (χ1n) is 5.40. The van der Waals surface area contributed by atoms with Crippen molar-refractivity contribution in [1.82, 2.24) is 0 Å². The molecule has 5 heteroatoms. The van der Waals surface area contributed by atoms with Crippen LogP contribution in [-0.4, -0.2) is 25.7 Å². The largest absolute Gasteiger partial charge is 0.478 e. The van der Waals surface area contributed by atoms with Gasteiger partial charge in [-0.15, -0.1) is 0 Å². The predicted octanol–water partition coefficient (Wildman–Crippen LogP) is 1.81. The van der Waals surface area contributed by atoms with Gasteiger partial charge in [0.05, 0.1) is 10.3 Å². The van der Waals surface area contributed by atoms with Crippen molar-refractivity contribution in [2.24, 2.45) is 0 Å². The van der Waals surface area contributed by atoms with Gasteiger partial charge in [-0.2, -0.15) is 0 Å². The average molecular weight is 254 g/mol. The summed E-state index contributed by atoms with van der Waals surface area (Å²) in [4.78, 5) is 10.9. The van der Waals surface area contributed by atoms with Gasteiger partial charge in [-0.25, -0.2) is 13.2 Å². The number of carbonyl (C=O) groups is 1. The SMILES string of the molecule is CS(=O)(=O)C1(c2cccc(C(=O)O)c2)CCC1. The minimum atomic E-state index is -3.22. The molecule has 1 N–H and O–H groups in total. The number of hydrogen-bond donors (Lipinski definition) is 1. The molecule has 0 spiro atoms. The number of benzene rings is 1. The molecular formula is C12H14O4S. The number of rotatable bonds is 3. The first-order valence-corrected chi connectivity index (χ1v) is 7.29. The zero-order valence-electron chi connectivity index (χ0n) is 9.51. The highest BCUT2D eigenvalue weighted by molar-refractivity contribution is 7.91. The van der Waals surface area contributed by atoms with Crippen LogP contribution in [0.2, 0.25) is 0 Å². The molecule has 0 atom stereocenters. The Morgan fingerprint density at radius 2 is 2.00 bits per heavy atom. The fourth-order valence-corrected chi connectivity index (χ4v) is 3.89. The van der Waals surface area contributed by atoms with Gasteiger partial charge in [-0.1, -0.05) is 12.1 Å². The third-order valence-corrected chi connectivity index (χ3v) is 5.57. The molecular weight excluding hydrogens is 240 g/mol. The number of carboxylic acid groups (broad SMARTS) is 1. The number of carboxylic acids is 1. The maximum Gasteiger partial charge on any atom is 0.335 e. The van der Waals surface area contributed by atoms with Crippen LogP contribution in [0.25, 0.3) is 0 Å². The summed E-state index contributed by atoms with van der Waals surface area (Å²) in [5.74, 6) is -1.03. The lowest BCUT2D eigenvalue weighted by atomic mass is 9.78. The molecule has 4 nitrogen and oxygen atoms in total. The Kier molecular flexibility index (Phi) is 2.73. The molecule has 2 rings (SSSR count). The van der Waals surface area contributed by atoms with E-state index >= 15 is 0 Å². The Labute approximate surface area is 100 Å². The summed E-state index contributed by atoms with van der Waals surface area (Å²) in [5.41, 5.74) is 0.739. The quantitative estimate of drug-likeness (QED) is 0.893. The summed E-state index contributed by atoms with van der Waals surface area (Å²) in [6.45, 7) is 0. The number of hydrogen-bond acceptors (Lipinski definition) is 3. The third-order valence-electron chi connectivity index (χ3n) is 3.51. The van der Waals surface area contributed by atoms with Crippen molar-refractivity contribution in [2.45, 2.75) is 24.0 Å². The van der Waals surface area contributed by atoms with E-state index in [2.05, 4.69) is 0 Å². The molecule has 1 saturated carbocycles. The van der Waals surface area contributed by atoms with Crippen LogP contribution in [-0.2, 0) is 14.6 Å². The van der Waals surface area contributed by atoms with Gasteiger partial charge >= 0.3 is 5.97 Å². The van der Waals surface area contributed by atoms with Crippen LogP contribution >= 0.6 is 0 Å². The van der Waals surface area contributed by atoms with Gasteiger partial charge in [-0.05, 0) is 37.0 Å². The molecule has 17 heavy (non-hydrogen) atoms. The second-order valence-corrected chi connectivity index (χ2v) is 6.83. The van der Waals surface area contributed by atoms with Crippen molar-refractivity contribution in [1.29, 1.82) is 0 Å². The van der Waals surface area contributed by atoms with Gasteiger partial charge in [0.2, 0.25) is 0 Å². The van der Waals surface area contributed by atoms with Crippen molar-refractivity contribution in [2.75, 3.05) is 6.26 Å². The zero-order chi connectivity index (χ0) is 12.7. The van der Waals surface area contributed by atoms with E-state index in [4.69, 9.17) is 5.11 Å². The third kappa shape index (κ3) is 1.84. The molecule has 0 bridgehead atoms. The fraction of sp³-hybridized carbons (Fsp3) is 0.417. The molecule has 1 aromatic rings. The van der Waals surface area contributed by atoms with Gasteiger partial charge < -0.3 is 5.11 Å². The van der Waals surface area contributed by atoms with Gasteiger partial charge in [-0.3, -0.25) is 0 Å². The van der Waals surface area contributed by atoms with E-state index < -0.39 is 20.6 Å². The fourth-order valence-electron chi connectivity index (χ4n) is 2.31. The molecule has 92 valence electrons. The van der Waals surface area contributed by atoms with Gasteiger partial charge in [0.15, 0.2) is 9.84 Å². The van der Waals surface area contributed by atoms with E-state index in [1.165, 1.54) is 18.4 Å². The van der Waals surface area contributed by atoms with Crippen molar-refractivity contribution in [3.63, 3.8) is 0 Å². The lowest BCUT2D eigenvalue weighted by Gasteiger charge is -2.40. The van der Waals surface area contributed by atoms with Crippen LogP contribution < -0.4 is 0 Å². The van der Waals surface area contributed by atoms with Crippen molar-refractivity contribution < 1.29 is 18.3 Å². The van der Waals surface area contributed by atoms with Crippen molar-refractivity contribution >= 4 is 15.8 Å². The summed E-state index contributed by atoms with van der Waals surface area (Å²) < 4.78 is 22.9. The van der Waals surface area contributed by atoms with E-state index in [0.29, 0.717) is 18.4 Å². The van der Waals surface area contributed by atoms with E-state index in [1.54, 1.807) is 12.1 Å². The average Bonchev–Trinajstić information content (AvgIpc) is 2.13. The highest BCUT2D eigenvalue weighted by atomic mass is 32.2. The number of sulfone groups is 1. The topological polar surface area (TPSA) is 71.4 Å². The molecule has 0 radical (unpaired) electrons. The zero-order valence-corrected chi connectivity index (χ0v) is 10.3. The molecule has 0 aromatic heterocycles. The van der Waals surface area contributed by atoms with Gasteiger partial charge in [0, 0.05) is 6.26 Å². The molecule has 0 saturated heterocycles. The summed E-state index contributed by atoms with van der Waals surface area (Å²) in [6, 6.07) is 6.25. The maximum atomic E-state index is 11.9. The smallest absolute Gasteiger partial charge is 0.335 e. The van der Waals surface area contributed by atoms with Gasteiger partial charge in [0.25, 0.3) is 0 Å². The monoisotopic (exact) mass is 254 g/mol.